The number of carbonyl (C=O) groups excluding carboxylic acids is 1. The van der Waals surface area contributed by atoms with Crippen LogP contribution >= 0.6 is 11.8 Å². The number of hydrogen-bond donors (Lipinski definition) is 0. The van der Waals surface area contributed by atoms with E-state index in [2.05, 4.69) is 18.2 Å². The Balaban J connectivity index is 1.70. The van der Waals surface area contributed by atoms with Crippen molar-refractivity contribution in [1.29, 1.82) is 0 Å². The zero-order chi connectivity index (χ0) is 14.7. The summed E-state index contributed by atoms with van der Waals surface area (Å²) in [5.41, 5.74) is 2.26. The van der Waals surface area contributed by atoms with Gasteiger partial charge in [0.2, 0.25) is 0 Å². The van der Waals surface area contributed by atoms with Crippen LogP contribution in [0, 0.1) is 0 Å². The Labute approximate surface area is 129 Å². The van der Waals surface area contributed by atoms with Crippen LogP contribution in [0.15, 0.2) is 59.5 Å². The minimum atomic E-state index is 0.0855. The van der Waals surface area contributed by atoms with E-state index in [4.69, 9.17) is 0 Å². The number of amides is 2. The van der Waals surface area contributed by atoms with Gasteiger partial charge in [0.1, 0.15) is 0 Å². The number of anilines is 1. The van der Waals surface area contributed by atoms with Crippen molar-refractivity contribution in [2.24, 2.45) is 0 Å². The second-order valence-electron chi connectivity index (χ2n) is 5.08. The first-order valence-electron chi connectivity index (χ1n) is 7.04. The topological polar surface area (TPSA) is 23.6 Å². The minimum Gasteiger partial charge on any atom is -0.323 e. The molecule has 0 aliphatic carbocycles. The van der Waals surface area contributed by atoms with E-state index < -0.39 is 0 Å². The summed E-state index contributed by atoms with van der Waals surface area (Å²) in [6.07, 6.45) is 0. The van der Waals surface area contributed by atoms with Gasteiger partial charge in [-0.2, -0.15) is 0 Å². The van der Waals surface area contributed by atoms with Gasteiger partial charge < -0.3 is 4.90 Å². The van der Waals surface area contributed by atoms with Gasteiger partial charge in [0.25, 0.3) is 0 Å². The Kier molecular flexibility index (Phi) is 4.15. The van der Waals surface area contributed by atoms with Crippen molar-refractivity contribution < 1.29 is 4.79 Å². The SMILES string of the molecule is CN1Cc2ccccc2N(CCSc2ccccc2)C1=O. The maximum Gasteiger partial charge on any atom is 0.324 e. The number of thioether (sulfide) groups is 1. The quantitative estimate of drug-likeness (QED) is 0.800. The van der Waals surface area contributed by atoms with Gasteiger partial charge in [-0.1, -0.05) is 36.4 Å². The lowest BCUT2D eigenvalue weighted by Gasteiger charge is -2.35. The van der Waals surface area contributed by atoms with E-state index in [9.17, 15) is 4.79 Å². The van der Waals surface area contributed by atoms with Crippen LogP contribution in [0.25, 0.3) is 0 Å². The maximum absolute atomic E-state index is 12.4. The van der Waals surface area contributed by atoms with Crippen LogP contribution in [0.2, 0.25) is 0 Å². The number of urea groups is 1. The highest BCUT2D eigenvalue weighted by Crippen LogP contribution is 2.28. The second kappa shape index (κ2) is 6.22. The van der Waals surface area contributed by atoms with E-state index in [0.717, 1.165) is 18.0 Å². The van der Waals surface area contributed by atoms with Crippen molar-refractivity contribution in [1.82, 2.24) is 4.90 Å². The van der Waals surface area contributed by atoms with Crippen molar-refractivity contribution in [2.75, 3.05) is 24.2 Å². The van der Waals surface area contributed by atoms with Gasteiger partial charge in [-0.3, -0.25) is 4.90 Å². The molecule has 0 atom stereocenters. The molecule has 0 bridgehead atoms. The first-order valence-corrected chi connectivity index (χ1v) is 8.02. The van der Waals surface area contributed by atoms with Crippen LogP contribution in [0.3, 0.4) is 0 Å². The Hall–Kier alpha value is -1.94. The molecule has 108 valence electrons. The Morgan fingerprint density at radius 1 is 1.05 bits per heavy atom. The van der Waals surface area contributed by atoms with Crippen molar-refractivity contribution in [3.8, 4) is 0 Å². The van der Waals surface area contributed by atoms with Crippen molar-refractivity contribution in [2.45, 2.75) is 11.4 Å². The van der Waals surface area contributed by atoms with Crippen molar-refractivity contribution >= 4 is 23.5 Å². The fourth-order valence-corrected chi connectivity index (χ4v) is 3.39. The fraction of sp³-hybridized carbons (Fsp3) is 0.235. The molecule has 1 aliphatic rings. The van der Waals surface area contributed by atoms with Gasteiger partial charge in [0.15, 0.2) is 0 Å². The lowest BCUT2D eigenvalue weighted by atomic mass is 10.1. The molecule has 0 saturated carbocycles. The molecule has 0 fully saturated rings. The van der Waals surface area contributed by atoms with Crippen molar-refractivity contribution in [3.05, 3.63) is 60.2 Å². The van der Waals surface area contributed by atoms with Gasteiger partial charge in [-0.25, -0.2) is 4.79 Å². The first-order chi connectivity index (χ1) is 10.3. The van der Waals surface area contributed by atoms with Gasteiger partial charge in [-0.15, -0.1) is 11.8 Å². The molecule has 0 aromatic heterocycles. The summed E-state index contributed by atoms with van der Waals surface area (Å²) >= 11 is 1.78. The van der Waals surface area contributed by atoms with Gasteiger partial charge >= 0.3 is 6.03 Å². The lowest BCUT2D eigenvalue weighted by Crippen LogP contribution is -2.46. The van der Waals surface area contributed by atoms with Crippen LogP contribution in [0.4, 0.5) is 10.5 Å². The molecule has 3 rings (SSSR count). The summed E-state index contributed by atoms with van der Waals surface area (Å²) in [4.78, 5) is 17.3. The zero-order valence-corrected chi connectivity index (χ0v) is 12.8. The smallest absolute Gasteiger partial charge is 0.323 e. The molecular weight excluding hydrogens is 280 g/mol. The first kappa shape index (κ1) is 14.0. The molecule has 0 N–H and O–H groups in total. The highest BCUT2D eigenvalue weighted by atomic mass is 32.2. The van der Waals surface area contributed by atoms with Crippen LogP contribution in [0.5, 0.6) is 0 Å². The van der Waals surface area contributed by atoms with Gasteiger partial charge in [0, 0.05) is 30.8 Å². The standard InChI is InChI=1S/C17H18N2OS/c1-18-13-14-7-5-6-10-16(14)19(17(18)20)11-12-21-15-8-3-2-4-9-15/h2-10H,11-13H2,1H3. The molecule has 0 spiro atoms. The third-order valence-electron chi connectivity index (χ3n) is 3.57. The number of para-hydroxylation sites is 1. The summed E-state index contributed by atoms with van der Waals surface area (Å²) in [6, 6.07) is 18.5. The molecule has 1 heterocycles. The van der Waals surface area contributed by atoms with E-state index in [1.54, 1.807) is 16.7 Å². The number of benzene rings is 2. The van der Waals surface area contributed by atoms with Crippen LogP contribution in [-0.2, 0) is 6.54 Å². The van der Waals surface area contributed by atoms with Gasteiger partial charge in [-0.05, 0) is 23.8 Å². The number of rotatable bonds is 4. The molecule has 21 heavy (non-hydrogen) atoms. The van der Waals surface area contributed by atoms with Crippen LogP contribution in [0.1, 0.15) is 5.56 Å². The summed E-state index contributed by atoms with van der Waals surface area (Å²) in [5, 5.41) is 0. The summed E-state index contributed by atoms with van der Waals surface area (Å²) in [7, 11) is 1.86. The Morgan fingerprint density at radius 3 is 2.57 bits per heavy atom. The lowest BCUT2D eigenvalue weighted by molar-refractivity contribution is 0.211. The highest BCUT2D eigenvalue weighted by Gasteiger charge is 2.27. The third kappa shape index (κ3) is 3.05. The van der Waals surface area contributed by atoms with Gasteiger partial charge in [0.05, 0.1) is 5.69 Å². The normalized spacial score (nSPS) is 14.2. The predicted octanol–water partition coefficient (Wildman–Crippen LogP) is 3.85. The molecule has 2 aromatic rings. The monoisotopic (exact) mass is 298 g/mol. The number of carbonyl (C=O) groups is 1. The number of nitrogens with zero attached hydrogens (tertiary/aromatic N) is 2. The fourth-order valence-electron chi connectivity index (χ4n) is 2.53. The molecule has 0 unspecified atom stereocenters. The molecule has 2 aromatic carbocycles. The highest BCUT2D eigenvalue weighted by molar-refractivity contribution is 7.99. The average Bonchev–Trinajstić information content (AvgIpc) is 2.52. The maximum atomic E-state index is 12.4. The Morgan fingerprint density at radius 2 is 1.76 bits per heavy atom. The third-order valence-corrected chi connectivity index (χ3v) is 4.57. The van der Waals surface area contributed by atoms with Crippen LogP contribution in [-0.4, -0.2) is 30.3 Å². The summed E-state index contributed by atoms with van der Waals surface area (Å²) in [6.45, 7) is 1.41. The predicted molar refractivity (Wildman–Crippen MR) is 87.8 cm³/mol. The zero-order valence-electron chi connectivity index (χ0n) is 12.0. The molecular formula is C17H18N2OS. The average molecular weight is 298 g/mol. The molecule has 3 nitrogen and oxygen atoms in total. The van der Waals surface area contributed by atoms with E-state index in [-0.39, 0.29) is 6.03 Å². The minimum absolute atomic E-state index is 0.0855. The largest absolute Gasteiger partial charge is 0.324 e. The number of hydrogen-bond acceptors (Lipinski definition) is 2. The Bertz CT molecular complexity index is 630. The van der Waals surface area contributed by atoms with Crippen molar-refractivity contribution in [3.63, 3.8) is 0 Å². The molecule has 0 saturated heterocycles. The summed E-state index contributed by atoms with van der Waals surface area (Å²) in [5.74, 6) is 0.887. The summed E-state index contributed by atoms with van der Waals surface area (Å²) < 4.78 is 0. The number of fused-ring (bicyclic) bond motifs is 1. The van der Waals surface area contributed by atoms with E-state index >= 15 is 0 Å². The molecule has 4 heteroatoms. The molecule has 0 radical (unpaired) electrons. The van der Waals surface area contributed by atoms with E-state index in [0.29, 0.717) is 6.54 Å². The molecule has 1 aliphatic heterocycles. The second-order valence-corrected chi connectivity index (χ2v) is 6.25. The van der Waals surface area contributed by atoms with Crippen LogP contribution < -0.4 is 4.90 Å². The molecule has 2 amide bonds. The van der Waals surface area contributed by atoms with E-state index in [1.807, 2.05) is 48.3 Å². The van der Waals surface area contributed by atoms with E-state index in [1.165, 1.54) is 10.5 Å².